The standard InChI is InChI=1S/C14H21FN2O3S.C9H10N2.3C2H6/c1-13(2,21)10(16-12(20)14(15)5-6-14)11(19)17-7-3-4-9(17)8-18;1-11-7-9-4-2-8(6-10)3-5-9;3*1-2/h8-10,21H,3-7H2,1-2H3,(H,16,20);2-5,11H,7H2,1H3;3*1-2H3. The average Bonchev–Trinajstić information content (AvgIpc) is 3.51. The van der Waals surface area contributed by atoms with E-state index in [4.69, 9.17) is 5.26 Å². The number of rotatable bonds is 7. The lowest BCUT2D eigenvalue weighted by atomic mass is 10.0. The molecule has 1 aromatic carbocycles. The maximum atomic E-state index is 13.8. The number of carbonyl (C=O) groups is 3. The van der Waals surface area contributed by atoms with E-state index in [1.165, 1.54) is 10.5 Å². The molecule has 2 unspecified atom stereocenters. The highest BCUT2D eigenvalue weighted by atomic mass is 32.1. The SMILES string of the molecule is CC.CC.CC.CC(C)(S)C(NC(=O)C1(F)CC1)C(=O)N1CCCC1C=O.CNCc1ccc(C#N)cc1. The Morgan fingerprint density at radius 3 is 2.11 bits per heavy atom. The molecule has 2 atom stereocenters. The molecule has 0 aromatic heterocycles. The van der Waals surface area contributed by atoms with E-state index in [1.807, 2.05) is 72.9 Å². The van der Waals surface area contributed by atoms with Crippen LogP contribution in [0.3, 0.4) is 0 Å². The minimum atomic E-state index is -1.84. The molecule has 216 valence electrons. The van der Waals surface area contributed by atoms with Crippen LogP contribution in [0.2, 0.25) is 0 Å². The Morgan fingerprint density at radius 1 is 1.18 bits per heavy atom. The summed E-state index contributed by atoms with van der Waals surface area (Å²) in [7, 11) is 1.90. The fourth-order valence-corrected chi connectivity index (χ4v) is 3.59. The summed E-state index contributed by atoms with van der Waals surface area (Å²) in [6, 6.07) is 8.21. The molecule has 9 heteroatoms. The Bertz CT molecular complexity index is 862. The molecule has 1 aromatic rings. The molecule has 1 aliphatic carbocycles. The summed E-state index contributed by atoms with van der Waals surface area (Å²) in [4.78, 5) is 37.0. The van der Waals surface area contributed by atoms with Crippen molar-refractivity contribution in [1.29, 1.82) is 5.26 Å². The van der Waals surface area contributed by atoms with Gasteiger partial charge in [0.25, 0.3) is 5.91 Å². The number of hydrogen-bond donors (Lipinski definition) is 3. The summed E-state index contributed by atoms with van der Waals surface area (Å²) in [5, 5.41) is 14.0. The number of thiol groups is 1. The van der Waals surface area contributed by atoms with Gasteiger partial charge in [-0.2, -0.15) is 17.9 Å². The second-order valence-electron chi connectivity index (χ2n) is 8.74. The molecule has 38 heavy (non-hydrogen) atoms. The molecular weight excluding hydrogens is 503 g/mol. The first kappa shape index (κ1) is 37.7. The van der Waals surface area contributed by atoms with Gasteiger partial charge in [0.1, 0.15) is 12.3 Å². The Kier molecular flexibility index (Phi) is 19.5. The number of carbonyl (C=O) groups excluding carboxylic acids is 3. The summed E-state index contributed by atoms with van der Waals surface area (Å²) < 4.78 is 13.0. The lowest BCUT2D eigenvalue weighted by Crippen LogP contribution is -2.59. The van der Waals surface area contributed by atoms with E-state index in [0.717, 1.165) is 19.3 Å². The maximum absolute atomic E-state index is 13.8. The van der Waals surface area contributed by atoms with Crippen LogP contribution in [0.5, 0.6) is 0 Å². The van der Waals surface area contributed by atoms with Gasteiger partial charge in [0.15, 0.2) is 5.67 Å². The van der Waals surface area contributed by atoms with Crippen molar-refractivity contribution in [3.05, 3.63) is 35.4 Å². The molecule has 0 bridgehead atoms. The van der Waals surface area contributed by atoms with E-state index in [2.05, 4.69) is 29.3 Å². The molecule has 0 spiro atoms. The van der Waals surface area contributed by atoms with Crippen LogP contribution >= 0.6 is 12.6 Å². The quantitative estimate of drug-likeness (QED) is 0.318. The Hall–Kier alpha value is -2.44. The van der Waals surface area contributed by atoms with Gasteiger partial charge in [-0.05, 0) is 64.3 Å². The van der Waals surface area contributed by atoms with Crippen molar-refractivity contribution in [2.75, 3.05) is 13.6 Å². The normalized spacial score (nSPS) is 17.1. The van der Waals surface area contributed by atoms with Crippen molar-refractivity contribution in [3.8, 4) is 6.07 Å². The first-order valence-electron chi connectivity index (χ1n) is 13.7. The first-order chi connectivity index (χ1) is 18.1. The number of benzene rings is 1. The Balaban J connectivity index is 0. The van der Waals surface area contributed by atoms with Crippen LogP contribution in [0.1, 0.15) is 92.2 Å². The first-order valence-corrected chi connectivity index (χ1v) is 14.1. The third-order valence-electron chi connectivity index (χ3n) is 5.53. The third kappa shape index (κ3) is 12.4. The van der Waals surface area contributed by atoms with Crippen LogP contribution in [-0.2, 0) is 20.9 Å². The number of aldehydes is 1. The van der Waals surface area contributed by atoms with Gasteiger partial charge in [-0.3, -0.25) is 9.59 Å². The predicted molar refractivity (Wildman–Crippen MR) is 157 cm³/mol. The lowest BCUT2D eigenvalue weighted by molar-refractivity contribution is -0.140. The average molecular weight is 553 g/mol. The van der Waals surface area contributed by atoms with Gasteiger partial charge in [-0.15, -0.1) is 0 Å². The molecule has 1 saturated heterocycles. The van der Waals surface area contributed by atoms with Gasteiger partial charge in [0, 0.05) is 17.8 Å². The van der Waals surface area contributed by atoms with Crippen molar-refractivity contribution < 1.29 is 18.8 Å². The molecule has 1 aliphatic heterocycles. The van der Waals surface area contributed by atoms with Crippen LogP contribution < -0.4 is 10.6 Å². The second-order valence-corrected chi connectivity index (χ2v) is 9.89. The second kappa shape index (κ2) is 19.6. The van der Waals surface area contributed by atoms with E-state index in [0.29, 0.717) is 18.5 Å². The number of nitrogens with zero attached hydrogens (tertiary/aromatic N) is 2. The third-order valence-corrected chi connectivity index (χ3v) is 5.79. The number of amides is 2. The van der Waals surface area contributed by atoms with Crippen LogP contribution in [0.15, 0.2) is 24.3 Å². The smallest absolute Gasteiger partial charge is 0.258 e. The van der Waals surface area contributed by atoms with E-state index in [-0.39, 0.29) is 18.7 Å². The number of hydrogen-bond acceptors (Lipinski definition) is 6. The monoisotopic (exact) mass is 552 g/mol. The van der Waals surface area contributed by atoms with Crippen molar-refractivity contribution >= 4 is 30.7 Å². The number of halogens is 1. The highest BCUT2D eigenvalue weighted by Crippen LogP contribution is 2.40. The fourth-order valence-electron chi connectivity index (χ4n) is 3.41. The molecule has 1 saturated carbocycles. The van der Waals surface area contributed by atoms with Crippen LogP contribution in [-0.4, -0.2) is 59.1 Å². The molecule has 7 nitrogen and oxygen atoms in total. The van der Waals surface area contributed by atoms with Crippen molar-refractivity contribution in [3.63, 3.8) is 0 Å². The van der Waals surface area contributed by atoms with Gasteiger partial charge < -0.3 is 20.3 Å². The largest absolute Gasteiger partial charge is 0.340 e. The summed E-state index contributed by atoms with van der Waals surface area (Å²) in [6.45, 7) is 16.7. The van der Waals surface area contributed by atoms with E-state index in [9.17, 15) is 18.8 Å². The summed E-state index contributed by atoms with van der Waals surface area (Å²) in [5.41, 5.74) is 0.0726. The van der Waals surface area contributed by atoms with E-state index >= 15 is 0 Å². The highest BCUT2D eigenvalue weighted by Gasteiger charge is 2.53. The van der Waals surface area contributed by atoms with E-state index in [1.54, 1.807) is 13.8 Å². The fraction of sp³-hybridized carbons (Fsp3) is 0.655. The lowest BCUT2D eigenvalue weighted by Gasteiger charge is -2.34. The highest BCUT2D eigenvalue weighted by molar-refractivity contribution is 7.81. The van der Waals surface area contributed by atoms with Crippen LogP contribution in [0.25, 0.3) is 0 Å². The van der Waals surface area contributed by atoms with Gasteiger partial charge in [-0.1, -0.05) is 53.7 Å². The van der Waals surface area contributed by atoms with E-state index < -0.39 is 28.4 Å². The van der Waals surface area contributed by atoms with Crippen LogP contribution in [0, 0.1) is 11.3 Å². The zero-order chi connectivity index (χ0) is 29.9. The van der Waals surface area contributed by atoms with Crippen LogP contribution in [0.4, 0.5) is 4.39 Å². The summed E-state index contributed by atoms with van der Waals surface area (Å²) in [5.74, 6) is -1.13. The molecule has 0 radical (unpaired) electrons. The minimum Gasteiger partial charge on any atom is -0.340 e. The van der Waals surface area contributed by atoms with Crippen molar-refractivity contribution in [2.45, 2.75) is 110 Å². The maximum Gasteiger partial charge on any atom is 0.258 e. The minimum absolute atomic E-state index is 0.188. The molecule has 1 heterocycles. The molecule has 3 rings (SSSR count). The summed E-state index contributed by atoms with van der Waals surface area (Å²) >= 11 is 4.36. The van der Waals surface area contributed by atoms with Crippen molar-refractivity contribution in [1.82, 2.24) is 15.5 Å². The molecule has 2 aliphatic rings. The number of nitrogens with one attached hydrogen (secondary N) is 2. The Labute approximate surface area is 235 Å². The van der Waals surface area contributed by atoms with Gasteiger partial charge in [-0.25, -0.2) is 4.39 Å². The Morgan fingerprint density at radius 2 is 1.71 bits per heavy atom. The zero-order valence-electron chi connectivity index (χ0n) is 24.7. The molecular formula is C29H49FN4O3S. The number of nitriles is 1. The van der Waals surface area contributed by atoms with Gasteiger partial charge in [0.05, 0.1) is 17.7 Å². The summed E-state index contributed by atoms with van der Waals surface area (Å²) in [6.07, 6.45) is 2.49. The van der Waals surface area contributed by atoms with Crippen molar-refractivity contribution in [2.24, 2.45) is 0 Å². The molecule has 2 N–H and O–H groups in total. The zero-order valence-corrected chi connectivity index (χ0v) is 25.6. The topological polar surface area (TPSA) is 102 Å². The predicted octanol–water partition coefficient (Wildman–Crippen LogP) is 5.23. The number of alkyl halides is 1. The van der Waals surface area contributed by atoms with Gasteiger partial charge >= 0.3 is 0 Å². The number of likely N-dealkylation sites (tertiary alicyclic amines) is 1. The molecule has 2 fully saturated rings. The van der Waals surface area contributed by atoms with Gasteiger partial charge in [0.2, 0.25) is 5.91 Å². The molecule has 2 amide bonds.